The number of carbonyl (C=O) groups is 1. The Balaban J connectivity index is 1.57. The highest BCUT2D eigenvalue weighted by Gasteiger charge is 2.25. The molecule has 7 heteroatoms. The van der Waals surface area contributed by atoms with Gasteiger partial charge in [-0.15, -0.1) is 0 Å². The van der Waals surface area contributed by atoms with Crippen molar-refractivity contribution in [3.8, 4) is 0 Å². The average molecular weight is 341 g/mol. The second kappa shape index (κ2) is 8.02. The summed E-state index contributed by atoms with van der Waals surface area (Å²) >= 11 is 0. The summed E-state index contributed by atoms with van der Waals surface area (Å²) in [5, 5.41) is 0. The molecule has 1 aliphatic heterocycles. The third-order valence-electron chi connectivity index (χ3n) is 4.26. The molecule has 1 saturated heterocycles. The van der Waals surface area contributed by atoms with E-state index in [4.69, 9.17) is 4.74 Å². The minimum absolute atomic E-state index is 0.0345. The van der Waals surface area contributed by atoms with Crippen LogP contribution in [0.1, 0.15) is 22.3 Å². The molecule has 0 N–H and O–H groups in total. The van der Waals surface area contributed by atoms with Gasteiger partial charge in [-0.1, -0.05) is 0 Å². The van der Waals surface area contributed by atoms with E-state index in [0.717, 1.165) is 18.7 Å². The first kappa shape index (κ1) is 17.3. The molecule has 1 atom stereocenters. The number of pyridine rings is 1. The maximum atomic E-state index is 12.5. The molecule has 0 unspecified atom stereocenters. The first-order chi connectivity index (χ1) is 12.1. The van der Waals surface area contributed by atoms with Crippen LogP contribution in [0.25, 0.3) is 0 Å². The summed E-state index contributed by atoms with van der Waals surface area (Å²) in [6, 6.07) is 4.12. The van der Waals surface area contributed by atoms with Crippen LogP contribution in [0.2, 0.25) is 0 Å². The minimum atomic E-state index is -0.0345. The Morgan fingerprint density at radius 1 is 1.36 bits per heavy atom. The summed E-state index contributed by atoms with van der Waals surface area (Å²) in [5.74, 6) is 0.913. The molecule has 0 spiro atoms. The van der Waals surface area contributed by atoms with E-state index < -0.39 is 0 Å². The molecule has 0 bridgehead atoms. The van der Waals surface area contributed by atoms with Crippen LogP contribution in [0.15, 0.2) is 37.1 Å². The summed E-state index contributed by atoms with van der Waals surface area (Å²) in [7, 11) is 3.96. The van der Waals surface area contributed by atoms with E-state index in [9.17, 15) is 4.79 Å². The Bertz CT molecular complexity index is 708. The number of hydrogen-bond donors (Lipinski definition) is 0. The number of amides is 1. The lowest BCUT2D eigenvalue weighted by Crippen LogP contribution is -2.45. The van der Waals surface area contributed by atoms with Crippen LogP contribution in [0.5, 0.6) is 0 Å². The lowest BCUT2D eigenvalue weighted by Gasteiger charge is -2.33. The van der Waals surface area contributed by atoms with E-state index in [0.29, 0.717) is 25.3 Å². The summed E-state index contributed by atoms with van der Waals surface area (Å²) in [5.41, 5.74) is 1.75. The molecular weight excluding hydrogens is 318 g/mol. The Morgan fingerprint density at radius 3 is 2.92 bits per heavy atom. The van der Waals surface area contributed by atoms with Crippen LogP contribution in [0, 0.1) is 0 Å². The lowest BCUT2D eigenvalue weighted by molar-refractivity contribution is -0.0246. The molecule has 0 aliphatic carbocycles. The van der Waals surface area contributed by atoms with Gasteiger partial charge in [0.05, 0.1) is 18.3 Å². The van der Waals surface area contributed by atoms with Crippen LogP contribution in [0.3, 0.4) is 0 Å². The number of nitrogens with zero attached hydrogens (tertiary/aromatic N) is 5. The van der Waals surface area contributed by atoms with Crippen molar-refractivity contribution in [1.29, 1.82) is 0 Å². The predicted molar refractivity (Wildman–Crippen MR) is 94.6 cm³/mol. The average Bonchev–Trinajstić information content (AvgIpc) is 2.67. The van der Waals surface area contributed by atoms with Gasteiger partial charge in [-0.05, 0) is 30.5 Å². The monoisotopic (exact) mass is 341 g/mol. The van der Waals surface area contributed by atoms with E-state index in [1.807, 2.05) is 36.2 Å². The summed E-state index contributed by atoms with van der Waals surface area (Å²) < 4.78 is 5.84. The van der Waals surface area contributed by atoms with Crippen LogP contribution < -0.4 is 4.90 Å². The third-order valence-corrected chi connectivity index (χ3v) is 4.26. The normalized spacial score (nSPS) is 17.4. The highest BCUT2D eigenvalue weighted by molar-refractivity contribution is 5.93. The summed E-state index contributed by atoms with van der Waals surface area (Å²) in [6.45, 7) is 1.76. The fraction of sp³-hybridized carbons (Fsp3) is 0.444. The Morgan fingerprint density at radius 2 is 2.16 bits per heavy atom. The van der Waals surface area contributed by atoms with Crippen molar-refractivity contribution in [3.63, 3.8) is 0 Å². The molecule has 1 fully saturated rings. The van der Waals surface area contributed by atoms with Crippen LogP contribution in [0.4, 0.5) is 5.82 Å². The van der Waals surface area contributed by atoms with E-state index in [-0.39, 0.29) is 12.0 Å². The quantitative estimate of drug-likeness (QED) is 0.819. The van der Waals surface area contributed by atoms with Crippen molar-refractivity contribution in [1.82, 2.24) is 19.9 Å². The van der Waals surface area contributed by atoms with Gasteiger partial charge in [0.25, 0.3) is 5.91 Å². The van der Waals surface area contributed by atoms with E-state index in [2.05, 4.69) is 21.0 Å². The lowest BCUT2D eigenvalue weighted by atomic mass is 10.1. The maximum Gasteiger partial charge on any atom is 0.257 e. The van der Waals surface area contributed by atoms with Gasteiger partial charge in [0, 0.05) is 45.8 Å². The topological polar surface area (TPSA) is 71.5 Å². The molecule has 3 rings (SSSR count). The van der Waals surface area contributed by atoms with Crippen molar-refractivity contribution in [2.75, 3.05) is 38.7 Å². The number of anilines is 1. The van der Waals surface area contributed by atoms with Crippen LogP contribution in [-0.4, -0.2) is 65.7 Å². The smallest absolute Gasteiger partial charge is 0.257 e. The number of hydrogen-bond acceptors (Lipinski definition) is 6. The van der Waals surface area contributed by atoms with Gasteiger partial charge >= 0.3 is 0 Å². The van der Waals surface area contributed by atoms with Crippen molar-refractivity contribution < 1.29 is 9.53 Å². The molecule has 132 valence electrons. The summed E-state index contributed by atoms with van der Waals surface area (Å²) in [4.78, 5) is 28.5. The first-order valence-electron chi connectivity index (χ1n) is 8.41. The number of ether oxygens (including phenoxy) is 1. The molecule has 3 heterocycles. The standard InChI is InChI=1S/C18H23N5O2/c1-22(2)17-9-14(5-6-21-17)3-4-16-12-23(7-8-25-16)18(24)15-10-19-13-20-11-15/h5-6,9-11,13,16H,3-4,7-8,12H2,1-2H3/t16-/m1/s1. The van der Waals surface area contributed by atoms with E-state index in [1.54, 1.807) is 12.4 Å². The van der Waals surface area contributed by atoms with Crippen molar-refractivity contribution in [2.45, 2.75) is 18.9 Å². The number of carbonyl (C=O) groups excluding carboxylic acids is 1. The minimum Gasteiger partial charge on any atom is -0.375 e. The van der Waals surface area contributed by atoms with Gasteiger partial charge < -0.3 is 14.5 Å². The van der Waals surface area contributed by atoms with E-state index >= 15 is 0 Å². The zero-order chi connectivity index (χ0) is 17.6. The molecule has 2 aromatic heterocycles. The third kappa shape index (κ3) is 4.51. The second-order valence-electron chi connectivity index (χ2n) is 6.33. The van der Waals surface area contributed by atoms with Gasteiger partial charge in [0.2, 0.25) is 0 Å². The molecule has 0 aromatic carbocycles. The van der Waals surface area contributed by atoms with Gasteiger partial charge in [-0.25, -0.2) is 15.0 Å². The first-order valence-corrected chi connectivity index (χ1v) is 8.41. The number of rotatable bonds is 5. The Kier molecular flexibility index (Phi) is 5.55. The summed E-state index contributed by atoms with van der Waals surface area (Å²) in [6.07, 6.45) is 8.17. The zero-order valence-electron chi connectivity index (χ0n) is 14.6. The molecule has 2 aromatic rings. The van der Waals surface area contributed by atoms with Crippen LogP contribution in [-0.2, 0) is 11.2 Å². The second-order valence-corrected chi connectivity index (χ2v) is 6.33. The van der Waals surface area contributed by atoms with Crippen LogP contribution >= 0.6 is 0 Å². The Labute approximate surface area is 147 Å². The predicted octanol–water partition coefficient (Wildman–Crippen LogP) is 1.41. The Hall–Kier alpha value is -2.54. The molecule has 0 radical (unpaired) electrons. The van der Waals surface area contributed by atoms with E-state index in [1.165, 1.54) is 11.9 Å². The SMILES string of the molecule is CN(C)c1cc(CC[C@@H]2CN(C(=O)c3cncnc3)CCO2)ccn1. The van der Waals surface area contributed by atoms with Crippen molar-refractivity contribution in [2.24, 2.45) is 0 Å². The van der Waals surface area contributed by atoms with Gasteiger partial charge in [-0.2, -0.15) is 0 Å². The fourth-order valence-electron chi connectivity index (χ4n) is 2.86. The van der Waals surface area contributed by atoms with Gasteiger partial charge in [0.15, 0.2) is 0 Å². The number of aromatic nitrogens is 3. The largest absolute Gasteiger partial charge is 0.375 e. The molecule has 25 heavy (non-hydrogen) atoms. The van der Waals surface area contributed by atoms with Crippen molar-refractivity contribution >= 4 is 11.7 Å². The number of morpholine rings is 1. The molecule has 1 amide bonds. The highest BCUT2D eigenvalue weighted by Crippen LogP contribution is 2.16. The molecular formula is C18H23N5O2. The van der Waals surface area contributed by atoms with Gasteiger partial charge in [0.1, 0.15) is 12.1 Å². The molecule has 7 nitrogen and oxygen atoms in total. The zero-order valence-corrected chi connectivity index (χ0v) is 14.6. The van der Waals surface area contributed by atoms with Gasteiger partial charge in [-0.3, -0.25) is 4.79 Å². The molecule has 0 saturated carbocycles. The number of aryl methyl sites for hydroxylation is 1. The van der Waals surface area contributed by atoms with Crippen molar-refractivity contribution in [3.05, 3.63) is 48.2 Å². The fourth-order valence-corrected chi connectivity index (χ4v) is 2.86. The maximum absolute atomic E-state index is 12.5. The highest BCUT2D eigenvalue weighted by atomic mass is 16.5. The molecule has 1 aliphatic rings.